The number of piperidine rings is 2. The molecule has 0 spiro atoms. The molecule has 2 aliphatic rings. The molecule has 236 valence electrons. The molecule has 9 nitrogen and oxygen atoms in total. The molecule has 42 heavy (non-hydrogen) atoms. The number of likely N-dealkylation sites (tertiary alicyclic amines) is 1. The van der Waals surface area contributed by atoms with Crippen LogP contribution in [0.4, 0.5) is 0 Å². The second kappa shape index (κ2) is 19.3. The lowest BCUT2D eigenvalue weighted by molar-refractivity contribution is -0.150. The molecular formula is C33H53N3O6. The summed E-state index contributed by atoms with van der Waals surface area (Å²) >= 11 is 0. The molecule has 2 fully saturated rings. The van der Waals surface area contributed by atoms with Gasteiger partial charge in [0.2, 0.25) is 0 Å². The number of hydrogen-bond donors (Lipinski definition) is 3. The van der Waals surface area contributed by atoms with Crippen LogP contribution >= 0.6 is 0 Å². The van der Waals surface area contributed by atoms with Crippen LogP contribution in [0.25, 0.3) is 0 Å². The van der Waals surface area contributed by atoms with E-state index in [2.05, 4.69) is 30.7 Å². The predicted molar refractivity (Wildman–Crippen MR) is 165 cm³/mol. The minimum absolute atomic E-state index is 0.0298. The van der Waals surface area contributed by atoms with Crippen molar-refractivity contribution >= 4 is 23.6 Å². The normalized spacial score (nSPS) is 20.7. The van der Waals surface area contributed by atoms with Gasteiger partial charge >= 0.3 is 11.9 Å². The van der Waals surface area contributed by atoms with E-state index in [0.29, 0.717) is 38.1 Å². The molecular weight excluding hydrogens is 534 g/mol. The van der Waals surface area contributed by atoms with E-state index in [0.717, 1.165) is 50.3 Å². The molecule has 0 radical (unpaired) electrons. The molecule has 0 bridgehead atoms. The number of carboxylic acids is 1. The zero-order valence-electron chi connectivity index (χ0n) is 25.8. The number of allylic oxidation sites excluding steroid dienone is 2. The predicted octanol–water partition coefficient (Wildman–Crippen LogP) is 4.78. The molecule has 0 saturated carbocycles. The van der Waals surface area contributed by atoms with Gasteiger partial charge in [0.25, 0.3) is 5.91 Å². The number of carboxylic acid groups (broad SMARTS) is 1. The number of rotatable bonds is 19. The van der Waals surface area contributed by atoms with Gasteiger partial charge in [0.1, 0.15) is 18.4 Å². The number of ketones is 1. The lowest BCUT2D eigenvalue weighted by Crippen LogP contribution is -2.50. The molecule has 2 heterocycles. The van der Waals surface area contributed by atoms with Crippen LogP contribution in [0, 0.1) is 17.8 Å². The van der Waals surface area contributed by atoms with Crippen molar-refractivity contribution in [2.75, 3.05) is 32.8 Å². The highest BCUT2D eigenvalue weighted by molar-refractivity contribution is 5.95. The van der Waals surface area contributed by atoms with E-state index >= 15 is 0 Å². The van der Waals surface area contributed by atoms with Crippen molar-refractivity contribution in [3.05, 3.63) is 36.6 Å². The van der Waals surface area contributed by atoms with Gasteiger partial charge in [-0.2, -0.15) is 0 Å². The number of hydrogen-bond acceptors (Lipinski definition) is 7. The fraction of sp³-hybridized carbons (Fsp3) is 0.697. The monoisotopic (exact) mass is 587 g/mol. The topological polar surface area (TPSA) is 125 Å². The summed E-state index contributed by atoms with van der Waals surface area (Å²) in [6, 6.07) is -0.874. The second-order valence-electron chi connectivity index (χ2n) is 12.0. The molecule has 0 aliphatic carbocycles. The molecule has 9 heteroatoms. The Balaban J connectivity index is 1.68. The summed E-state index contributed by atoms with van der Waals surface area (Å²) in [5.41, 5.74) is 0.937. The van der Waals surface area contributed by atoms with E-state index in [1.165, 1.54) is 30.6 Å². The SMILES string of the molecule is C=CCC(/C=C(\C)CCOC(=O)CNC(=C)C(=O)N1CCCCC1C(=O)O)C(=O)CC[C@@H](C)CCCC1CCCNC1. The molecule has 1 amide bonds. The summed E-state index contributed by atoms with van der Waals surface area (Å²) < 4.78 is 5.30. The second-order valence-corrected chi connectivity index (χ2v) is 12.0. The van der Waals surface area contributed by atoms with Gasteiger partial charge in [-0.1, -0.05) is 44.1 Å². The lowest BCUT2D eigenvalue weighted by atomic mass is 9.88. The molecule has 0 aromatic rings. The number of carbonyl (C=O) groups excluding carboxylic acids is 3. The number of amides is 1. The first kappa shape index (κ1) is 35.3. The van der Waals surface area contributed by atoms with Crippen LogP contribution in [0.2, 0.25) is 0 Å². The van der Waals surface area contributed by atoms with Gasteiger partial charge in [-0.3, -0.25) is 14.4 Å². The van der Waals surface area contributed by atoms with Crippen LogP contribution in [0.15, 0.2) is 36.6 Å². The number of carbonyl (C=O) groups is 4. The van der Waals surface area contributed by atoms with Crippen molar-refractivity contribution in [3.63, 3.8) is 0 Å². The third kappa shape index (κ3) is 12.9. The fourth-order valence-electron chi connectivity index (χ4n) is 5.78. The molecule has 4 atom stereocenters. The Morgan fingerprint density at radius 2 is 1.93 bits per heavy atom. The first-order valence-electron chi connectivity index (χ1n) is 15.8. The van der Waals surface area contributed by atoms with Crippen LogP contribution in [0.1, 0.15) is 90.9 Å². The maximum Gasteiger partial charge on any atom is 0.326 e. The highest BCUT2D eigenvalue weighted by Gasteiger charge is 2.33. The van der Waals surface area contributed by atoms with Crippen LogP contribution < -0.4 is 10.6 Å². The number of nitrogens with one attached hydrogen (secondary N) is 2. The van der Waals surface area contributed by atoms with Gasteiger partial charge in [0, 0.05) is 25.3 Å². The zero-order chi connectivity index (χ0) is 30.9. The maximum absolute atomic E-state index is 13.0. The third-order valence-electron chi connectivity index (χ3n) is 8.42. The van der Waals surface area contributed by atoms with E-state index in [-0.39, 0.29) is 30.5 Å². The Labute approximate surface area is 252 Å². The zero-order valence-corrected chi connectivity index (χ0v) is 25.8. The Morgan fingerprint density at radius 3 is 2.62 bits per heavy atom. The van der Waals surface area contributed by atoms with Crippen molar-refractivity contribution < 1.29 is 29.0 Å². The Kier molecular flexibility index (Phi) is 16.2. The minimum atomic E-state index is -1.04. The largest absolute Gasteiger partial charge is 0.480 e. The highest BCUT2D eigenvalue weighted by atomic mass is 16.5. The summed E-state index contributed by atoms with van der Waals surface area (Å²) in [5.74, 6) is -0.772. The summed E-state index contributed by atoms with van der Waals surface area (Å²) in [6.45, 7) is 14.2. The highest BCUT2D eigenvalue weighted by Crippen LogP contribution is 2.23. The molecule has 0 aromatic heterocycles. The van der Waals surface area contributed by atoms with E-state index in [9.17, 15) is 24.3 Å². The van der Waals surface area contributed by atoms with Crippen LogP contribution in [0.3, 0.4) is 0 Å². The van der Waals surface area contributed by atoms with Crippen molar-refractivity contribution in [1.29, 1.82) is 0 Å². The summed E-state index contributed by atoms with van der Waals surface area (Å²) in [6.07, 6.45) is 14.4. The standard InChI is InChI=1S/C33H53N3O6/c1-5-10-28(30(37)16-15-24(2)11-8-12-27-13-9-18-34-22-27)21-25(3)17-20-42-31(38)23-35-26(4)32(39)36-19-7-6-14-29(36)33(40)41/h5,21,24,27-29,34-35H,1,4,6-20,22-23H2,2-3H3,(H,40,41)/b25-21+/t24-,27?,28?,29?/m0/s1. The molecule has 3 unspecified atom stereocenters. The average Bonchev–Trinajstić information content (AvgIpc) is 2.98. The van der Waals surface area contributed by atoms with Gasteiger partial charge in [-0.25, -0.2) is 4.79 Å². The Hall–Kier alpha value is -2.94. The van der Waals surface area contributed by atoms with E-state index in [1.54, 1.807) is 6.08 Å². The van der Waals surface area contributed by atoms with Gasteiger partial charge in [-0.15, -0.1) is 6.58 Å². The van der Waals surface area contributed by atoms with Crippen molar-refractivity contribution in [2.24, 2.45) is 17.8 Å². The van der Waals surface area contributed by atoms with E-state index < -0.39 is 23.9 Å². The van der Waals surface area contributed by atoms with Gasteiger partial charge < -0.3 is 25.4 Å². The van der Waals surface area contributed by atoms with Crippen LogP contribution in [-0.4, -0.2) is 72.5 Å². The quantitative estimate of drug-likeness (QED) is 0.112. The first-order valence-corrected chi connectivity index (χ1v) is 15.8. The number of Topliss-reactive ketones (excluding diaryl/α,β-unsaturated/α-hetero) is 1. The summed E-state index contributed by atoms with van der Waals surface area (Å²) in [7, 11) is 0. The van der Waals surface area contributed by atoms with Crippen molar-refractivity contribution in [3.8, 4) is 0 Å². The van der Waals surface area contributed by atoms with E-state index in [4.69, 9.17) is 4.74 Å². The van der Waals surface area contributed by atoms with Crippen LogP contribution in [-0.2, 0) is 23.9 Å². The Morgan fingerprint density at radius 1 is 1.14 bits per heavy atom. The fourth-order valence-corrected chi connectivity index (χ4v) is 5.78. The number of ether oxygens (including phenoxy) is 1. The lowest BCUT2D eigenvalue weighted by Gasteiger charge is -2.33. The maximum atomic E-state index is 13.0. The molecule has 2 rings (SSSR count). The van der Waals surface area contributed by atoms with E-state index in [1.807, 2.05) is 13.0 Å². The van der Waals surface area contributed by atoms with Gasteiger partial charge in [-0.05, 0) is 83.2 Å². The minimum Gasteiger partial charge on any atom is -0.480 e. The van der Waals surface area contributed by atoms with Crippen LogP contribution in [0.5, 0.6) is 0 Å². The smallest absolute Gasteiger partial charge is 0.326 e. The first-order chi connectivity index (χ1) is 20.1. The third-order valence-corrected chi connectivity index (χ3v) is 8.42. The van der Waals surface area contributed by atoms with Crippen molar-refractivity contribution in [1.82, 2.24) is 15.5 Å². The molecule has 3 N–H and O–H groups in total. The molecule has 0 aromatic carbocycles. The van der Waals surface area contributed by atoms with Gasteiger partial charge in [0.15, 0.2) is 0 Å². The number of aliphatic carboxylic acids is 1. The Bertz CT molecular complexity index is 955. The average molecular weight is 588 g/mol. The van der Waals surface area contributed by atoms with Crippen molar-refractivity contribution in [2.45, 2.75) is 96.9 Å². The number of nitrogens with zero attached hydrogens (tertiary/aromatic N) is 1. The summed E-state index contributed by atoms with van der Waals surface area (Å²) in [5, 5.41) is 15.5. The molecule has 2 saturated heterocycles. The molecule has 2 aliphatic heterocycles. The van der Waals surface area contributed by atoms with Gasteiger partial charge in [0.05, 0.1) is 12.3 Å². The summed E-state index contributed by atoms with van der Waals surface area (Å²) in [4.78, 5) is 50.6. The number of esters is 1.